The Labute approximate surface area is 155 Å². The lowest BCUT2D eigenvalue weighted by Crippen LogP contribution is -2.18. The topological polar surface area (TPSA) is 58.9 Å². The van der Waals surface area contributed by atoms with Gasteiger partial charge < -0.3 is 14.8 Å². The summed E-state index contributed by atoms with van der Waals surface area (Å²) in [4.78, 5) is 13.9. The maximum Gasteiger partial charge on any atom is 0.433 e. The van der Waals surface area contributed by atoms with E-state index in [1.165, 1.54) is 4.90 Å². The van der Waals surface area contributed by atoms with Gasteiger partial charge in [-0.2, -0.15) is 18.2 Å². The van der Waals surface area contributed by atoms with Gasteiger partial charge in [0.2, 0.25) is 5.95 Å². The van der Waals surface area contributed by atoms with Gasteiger partial charge in [-0.1, -0.05) is 12.1 Å². The number of halogens is 3. The Morgan fingerprint density at radius 2 is 1.85 bits per heavy atom. The predicted octanol–water partition coefficient (Wildman–Crippen LogP) is 3.59. The van der Waals surface area contributed by atoms with Gasteiger partial charge in [0.1, 0.15) is 11.6 Å². The first-order chi connectivity index (χ1) is 12.8. The highest BCUT2D eigenvalue weighted by Gasteiger charge is 2.34. The van der Waals surface area contributed by atoms with Gasteiger partial charge in [0, 0.05) is 39.7 Å². The highest BCUT2D eigenvalue weighted by molar-refractivity contribution is 5.75. The Morgan fingerprint density at radius 1 is 1.11 bits per heavy atom. The first kappa shape index (κ1) is 18.9. The summed E-state index contributed by atoms with van der Waals surface area (Å²) < 4.78 is 41.3. The van der Waals surface area contributed by atoms with Crippen LogP contribution in [0.2, 0.25) is 0 Å². The summed E-state index contributed by atoms with van der Waals surface area (Å²) in [6.07, 6.45) is -3.99. The number of benzene rings is 1. The molecule has 27 heavy (non-hydrogen) atoms. The molecule has 0 saturated carbocycles. The SMILES string of the molecule is CCn1c(CCNc2nc(N(C)C)cc(C(F)(F)F)n2)nc2ccccc21. The molecule has 144 valence electrons. The summed E-state index contributed by atoms with van der Waals surface area (Å²) in [6, 6.07) is 8.76. The summed E-state index contributed by atoms with van der Waals surface area (Å²) in [7, 11) is 3.27. The number of para-hydroxylation sites is 2. The highest BCUT2D eigenvalue weighted by Crippen LogP contribution is 2.30. The normalized spacial score (nSPS) is 11.8. The molecule has 6 nitrogen and oxygen atoms in total. The Kier molecular flexibility index (Phi) is 5.20. The third kappa shape index (κ3) is 4.12. The Balaban J connectivity index is 1.78. The van der Waals surface area contributed by atoms with E-state index in [1.807, 2.05) is 31.2 Å². The van der Waals surface area contributed by atoms with E-state index in [4.69, 9.17) is 0 Å². The van der Waals surface area contributed by atoms with Crippen molar-refractivity contribution in [2.75, 3.05) is 30.9 Å². The quantitative estimate of drug-likeness (QED) is 0.710. The van der Waals surface area contributed by atoms with Gasteiger partial charge in [-0.3, -0.25) is 0 Å². The summed E-state index contributed by atoms with van der Waals surface area (Å²) in [5.74, 6) is 1.01. The number of nitrogens with zero attached hydrogens (tertiary/aromatic N) is 5. The van der Waals surface area contributed by atoms with Crippen molar-refractivity contribution in [3.63, 3.8) is 0 Å². The van der Waals surface area contributed by atoms with Crippen LogP contribution in [0, 0.1) is 0 Å². The minimum Gasteiger partial charge on any atom is -0.363 e. The third-order valence-corrected chi connectivity index (χ3v) is 4.14. The summed E-state index contributed by atoms with van der Waals surface area (Å²) in [5, 5.41) is 2.89. The van der Waals surface area contributed by atoms with Crippen molar-refractivity contribution in [1.82, 2.24) is 19.5 Å². The van der Waals surface area contributed by atoms with E-state index in [-0.39, 0.29) is 11.8 Å². The number of aryl methyl sites for hydroxylation is 1. The van der Waals surface area contributed by atoms with Crippen LogP contribution >= 0.6 is 0 Å². The van der Waals surface area contributed by atoms with Crippen LogP contribution in [0.25, 0.3) is 11.0 Å². The van der Waals surface area contributed by atoms with Crippen molar-refractivity contribution < 1.29 is 13.2 Å². The molecule has 0 aliphatic rings. The van der Waals surface area contributed by atoms with E-state index >= 15 is 0 Å². The minimum atomic E-state index is -4.53. The maximum atomic E-state index is 13.1. The fourth-order valence-electron chi connectivity index (χ4n) is 2.84. The number of anilines is 2. The van der Waals surface area contributed by atoms with Crippen molar-refractivity contribution in [3.8, 4) is 0 Å². The van der Waals surface area contributed by atoms with Crippen LogP contribution < -0.4 is 10.2 Å². The zero-order chi connectivity index (χ0) is 19.6. The third-order valence-electron chi connectivity index (χ3n) is 4.14. The van der Waals surface area contributed by atoms with Crippen molar-refractivity contribution in [3.05, 3.63) is 41.9 Å². The smallest absolute Gasteiger partial charge is 0.363 e. The number of aromatic nitrogens is 4. The van der Waals surface area contributed by atoms with Gasteiger partial charge >= 0.3 is 6.18 Å². The van der Waals surface area contributed by atoms with Gasteiger partial charge in [0.15, 0.2) is 5.69 Å². The molecule has 0 bridgehead atoms. The zero-order valence-electron chi connectivity index (χ0n) is 15.4. The minimum absolute atomic E-state index is 0.0484. The molecule has 1 N–H and O–H groups in total. The number of hydrogen-bond donors (Lipinski definition) is 1. The zero-order valence-corrected chi connectivity index (χ0v) is 15.4. The number of imidazole rings is 1. The van der Waals surface area contributed by atoms with Gasteiger partial charge in [-0.25, -0.2) is 9.97 Å². The van der Waals surface area contributed by atoms with Crippen LogP contribution in [0.15, 0.2) is 30.3 Å². The molecule has 0 amide bonds. The largest absolute Gasteiger partial charge is 0.433 e. The molecule has 0 unspecified atom stereocenters. The molecule has 2 aromatic heterocycles. The molecule has 0 saturated heterocycles. The molecule has 0 aliphatic carbocycles. The molecule has 1 aromatic carbocycles. The second-order valence-electron chi connectivity index (χ2n) is 6.26. The summed E-state index contributed by atoms with van der Waals surface area (Å²) in [5.41, 5.74) is 0.976. The predicted molar refractivity (Wildman–Crippen MR) is 99.0 cm³/mol. The molecule has 3 rings (SSSR count). The Bertz CT molecular complexity index is 932. The standard InChI is InChI=1S/C18H21F3N6/c1-4-27-13-8-6-5-7-12(13)23-15(27)9-10-22-17-24-14(18(19,20)21)11-16(25-17)26(2)3/h5-8,11H,4,9-10H2,1-3H3,(H,22,24,25). The molecule has 3 aromatic rings. The maximum absolute atomic E-state index is 13.1. The van der Waals surface area contributed by atoms with E-state index in [2.05, 4.69) is 24.8 Å². The second kappa shape index (κ2) is 7.42. The number of alkyl halides is 3. The van der Waals surface area contributed by atoms with Gasteiger partial charge in [0.25, 0.3) is 0 Å². The average molecular weight is 378 g/mol. The number of hydrogen-bond acceptors (Lipinski definition) is 5. The molecular formula is C18H21F3N6. The molecule has 0 aliphatic heterocycles. The lowest BCUT2D eigenvalue weighted by Gasteiger charge is -2.16. The first-order valence-electron chi connectivity index (χ1n) is 8.61. The van der Waals surface area contributed by atoms with E-state index < -0.39 is 11.9 Å². The van der Waals surface area contributed by atoms with Gasteiger partial charge in [-0.15, -0.1) is 0 Å². The molecular weight excluding hydrogens is 357 g/mol. The first-order valence-corrected chi connectivity index (χ1v) is 8.61. The van der Waals surface area contributed by atoms with Crippen LogP contribution in [0.1, 0.15) is 18.4 Å². The summed E-state index contributed by atoms with van der Waals surface area (Å²) >= 11 is 0. The number of rotatable bonds is 6. The molecule has 0 radical (unpaired) electrons. The average Bonchev–Trinajstić information content (AvgIpc) is 2.98. The molecule has 2 heterocycles. The molecule has 9 heteroatoms. The van der Waals surface area contributed by atoms with E-state index in [1.54, 1.807) is 14.1 Å². The van der Waals surface area contributed by atoms with Crippen LogP contribution in [0.3, 0.4) is 0 Å². The highest BCUT2D eigenvalue weighted by atomic mass is 19.4. The fourth-order valence-corrected chi connectivity index (χ4v) is 2.84. The monoisotopic (exact) mass is 378 g/mol. The molecule has 0 spiro atoms. The van der Waals surface area contributed by atoms with E-state index in [0.717, 1.165) is 29.5 Å². The van der Waals surface area contributed by atoms with Crippen molar-refractivity contribution in [2.24, 2.45) is 0 Å². The lowest BCUT2D eigenvalue weighted by atomic mass is 10.3. The second-order valence-corrected chi connectivity index (χ2v) is 6.26. The van der Waals surface area contributed by atoms with Crippen LogP contribution in [-0.2, 0) is 19.1 Å². The van der Waals surface area contributed by atoms with Crippen LogP contribution in [0.5, 0.6) is 0 Å². The van der Waals surface area contributed by atoms with Gasteiger partial charge in [-0.05, 0) is 19.1 Å². The Morgan fingerprint density at radius 3 is 2.52 bits per heavy atom. The van der Waals surface area contributed by atoms with Crippen molar-refractivity contribution in [2.45, 2.75) is 26.1 Å². The van der Waals surface area contributed by atoms with Crippen molar-refractivity contribution in [1.29, 1.82) is 0 Å². The van der Waals surface area contributed by atoms with Crippen LogP contribution in [0.4, 0.5) is 24.9 Å². The Hall–Kier alpha value is -2.84. The number of nitrogens with one attached hydrogen (secondary N) is 1. The lowest BCUT2D eigenvalue weighted by molar-refractivity contribution is -0.141. The van der Waals surface area contributed by atoms with E-state index in [0.29, 0.717) is 13.0 Å². The van der Waals surface area contributed by atoms with Crippen LogP contribution in [-0.4, -0.2) is 40.2 Å². The van der Waals surface area contributed by atoms with Crippen molar-refractivity contribution >= 4 is 22.8 Å². The molecule has 0 atom stereocenters. The molecule has 0 fully saturated rings. The number of fused-ring (bicyclic) bond motifs is 1. The summed E-state index contributed by atoms with van der Waals surface area (Å²) in [6.45, 7) is 3.17. The fraction of sp³-hybridized carbons (Fsp3) is 0.389. The van der Waals surface area contributed by atoms with E-state index in [9.17, 15) is 13.2 Å². The van der Waals surface area contributed by atoms with Gasteiger partial charge in [0.05, 0.1) is 11.0 Å².